The van der Waals surface area contributed by atoms with Gasteiger partial charge in [-0.1, -0.05) is 30.3 Å². The molecule has 23 heavy (non-hydrogen) atoms. The predicted octanol–water partition coefficient (Wildman–Crippen LogP) is 4.36. The third-order valence-electron chi connectivity index (χ3n) is 3.36. The monoisotopic (exact) mass is 308 g/mol. The van der Waals surface area contributed by atoms with Gasteiger partial charge in [-0.2, -0.15) is 0 Å². The number of rotatable bonds is 3. The molecule has 0 fully saturated rings. The van der Waals surface area contributed by atoms with Crippen molar-refractivity contribution >= 4 is 28.1 Å². The molecule has 6 heteroatoms. The third kappa shape index (κ3) is 2.82. The molecule has 0 aliphatic heterocycles. The Balaban J connectivity index is 2.04. The van der Waals surface area contributed by atoms with Gasteiger partial charge in [0.05, 0.1) is 5.56 Å². The van der Waals surface area contributed by atoms with Gasteiger partial charge in [-0.25, -0.2) is 4.79 Å². The highest BCUT2D eigenvalue weighted by atomic mass is 16.4. The number of aromatic carboxylic acids is 1. The quantitative estimate of drug-likeness (QED) is 0.625. The Hall–Kier alpha value is -3.41. The van der Waals surface area contributed by atoms with Crippen molar-refractivity contribution in [1.82, 2.24) is 0 Å². The van der Waals surface area contributed by atoms with Crippen molar-refractivity contribution in [1.29, 1.82) is 0 Å². The number of phenols is 2. The Morgan fingerprint density at radius 3 is 2.39 bits per heavy atom. The highest BCUT2D eigenvalue weighted by Gasteiger charge is 2.09. The van der Waals surface area contributed by atoms with Crippen LogP contribution in [-0.4, -0.2) is 21.3 Å². The molecule has 0 spiro atoms. The summed E-state index contributed by atoms with van der Waals surface area (Å²) in [5.41, 5.74) is 0.349. The highest BCUT2D eigenvalue weighted by molar-refractivity contribution is 5.95. The van der Waals surface area contributed by atoms with Gasteiger partial charge >= 0.3 is 5.97 Å². The van der Waals surface area contributed by atoms with Gasteiger partial charge < -0.3 is 15.3 Å². The number of hydrogen-bond acceptors (Lipinski definition) is 5. The van der Waals surface area contributed by atoms with Crippen molar-refractivity contribution in [2.75, 3.05) is 0 Å². The number of hydrogen-bond donors (Lipinski definition) is 3. The molecule has 3 aromatic carbocycles. The van der Waals surface area contributed by atoms with Crippen molar-refractivity contribution in [2.24, 2.45) is 10.2 Å². The topological polar surface area (TPSA) is 102 Å². The average Bonchev–Trinajstić information content (AvgIpc) is 2.55. The minimum Gasteiger partial charge on any atom is -0.506 e. The fourth-order valence-corrected chi connectivity index (χ4v) is 2.19. The summed E-state index contributed by atoms with van der Waals surface area (Å²) in [4.78, 5) is 10.8. The number of carbonyl (C=O) groups is 1. The Bertz CT molecular complexity index is 935. The number of aromatic hydroxyl groups is 2. The molecule has 0 atom stereocenters. The summed E-state index contributed by atoms with van der Waals surface area (Å²) in [6, 6.07) is 14.4. The first kappa shape index (κ1) is 14.5. The van der Waals surface area contributed by atoms with Crippen LogP contribution < -0.4 is 0 Å². The van der Waals surface area contributed by atoms with Crippen molar-refractivity contribution in [3.8, 4) is 11.5 Å². The van der Waals surface area contributed by atoms with E-state index in [1.807, 2.05) is 18.2 Å². The van der Waals surface area contributed by atoms with Crippen molar-refractivity contribution in [3.63, 3.8) is 0 Å². The van der Waals surface area contributed by atoms with Crippen LogP contribution in [0.1, 0.15) is 10.4 Å². The van der Waals surface area contributed by atoms with E-state index < -0.39 is 5.97 Å². The van der Waals surface area contributed by atoms with Crippen LogP contribution in [0.4, 0.5) is 11.4 Å². The van der Waals surface area contributed by atoms with E-state index in [2.05, 4.69) is 10.2 Å². The lowest BCUT2D eigenvalue weighted by atomic mass is 10.1. The standard InChI is InChI=1S/C17H12N2O4/c20-14-8-6-10-3-1-2-4-12(10)16(14)19-18-13-7-5-11(17(22)23)9-15(13)21/h1-9,20-21H,(H,22,23). The van der Waals surface area contributed by atoms with Gasteiger partial charge in [0.2, 0.25) is 0 Å². The number of phenolic OH excluding ortho intramolecular Hbond substituents is 2. The maximum Gasteiger partial charge on any atom is 0.335 e. The second-order valence-electron chi connectivity index (χ2n) is 4.86. The van der Waals surface area contributed by atoms with Gasteiger partial charge in [-0.3, -0.25) is 0 Å². The molecule has 0 aliphatic carbocycles. The summed E-state index contributed by atoms with van der Waals surface area (Å²) in [5, 5.41) is 38.2. The van der Waals surface area contributed by atoms with Crippen LogP contribution in [-0.2, 0) is 0 Å². The number of fused-ring (bicyclic) bond motifs is 1. The van der Waals surface area contributed by atoms with Gasteiger partial charge in [0.25, 0.3) is 0 Å². The van der Waals surface area contributed by atoms with Gasteiger partial charge in [0, 0.05) is 5.39 Å². The number of carboxylic acids is 1. The van der Waals surface area contributed by atoms with E-state index in [0.29, 0.717) is 0 Å². The molecule has 0 saturated carbocycles. The largest absolute Gasteiger partial charge is 0.506 e. The molecule has 0 unspecified atom stereocenters. The van der Waals surface area contributed by atoms with E-state index in [4.69, 9.17) is 5.11 Å². The van der Waals surface area contributed by atoms with Crippen LogP contribution >= 0.6 is 0 Å². The molecule has 3 N–H and O–H groups in total. The van der Waals surface area contributed by atoms with Crippen LogP contribution in [0.3, 0.4) is 0 Å². The molecule has 6 nitrogen and oxygen atoms in total. The number of azo groups is 1. The van der Waals surface area contributed by atoms with E-state index in [1.165, 1.54) is 18.2 Å². The van der Waals surface area contributed by atoms with Crippen molar-refractivity contribution < 1.29 is 20.1 Å². The second kappa shape index (κ2) is 5.76. The zero-order valence-corrected chi connectivity index (χ0v) is 11.8. The van der Waals surface area contributed by atoms with Crippen LogP contribution in [0, 0.1) is 0 Å². The van der Waals surface area contributed by atoms with E-state index in [0.717, 1.165) is 16.8 Å². The predicted molar refractivity (Wildman–Crippen MR) is 84.9 cm³/mol. The summed E-state index contributed by atoms with van der Waals surface area (Å²) in [5.74, 6) is -1.47. The number of benzene rings is 3. The van der Waals surface area contributed by atoms with E-state index in [-0.39, 0.29) is 28.4 Å². The fourth-order valence-electron chi connectivity index (χ4n) is 2.19. The SMILES string of the molecule is O=C(O)c1ccc(N=Nc2c(O)ccc3ccccc23)c(O)c1. The Morgan fingerprint density at radius 1 is 0.870 bits per heavy atom. The Morgan fingerprint density at radius 2 is 1.65 bits per heavy atom. The van der Waals surface area contributed by atoms with Crippen molar-refractivity contribution in [3.05, 3.63) is 60.2 Å². The molecule has 3 rings (SSSR count). The fraction of sp³-hybridized carbons (Fsp3) is 0. The molecule has 0 amide bonds. The van der Waals surface area contributed by atoms with Crippen LogP contribution in [0.5, 0.6) is 11.5 Å². The molecule has 0 heterocycles. The maximum absolute atomic E-state index is 10.8. The first-order valence-corrected chi connectivity index (χ1v) is 6.75. The van der Waals surface area contributed by atoms with Gasteiger partial charge in [-0.15, -0.1) is 10.2 Å². The molecule has 3 aromatic rings. The lowest BCUT2D eigenvalue weighted by molar-refractivity contribution is 0.0696. The molecular weight excluding hydrogens is 296 g/mol. The summed E-state index contributed by atoms with van der Waals surface area (Å²) >= 11 is 0. The second-order valence-corrected chi connectivity index (χ2v) is 4.86. The van der Waals surface area contributed by atoms with Gasteiger partial charge in [0.1, 0.15) is 22.9 Å². The maximum atomic E-state index is 10.8. The summed E-state index contributed by atoms with van der Waals surface area (Å²) in [6.45, 7) is 0. The average molecular weight is 308 g/mol. The molecule has 0 aliphatic rings. The summed E-state index contributed by atoms with van der Waals surface area (Å²) < 4.78 is 0. The Kier molecular flexibility index (Phi) is 3.64. The summed E-state index contributed by atoms with van der Waals surface area (Å²) in [7, 11) is 0. The first-order valence-electron chi connectivity index (χ1n) is 6.75. The first-order chi connectivity index (χ1) is 11.1. The minimum atomic E-state index is -1.14. The van der Waals surface area contributed by atoms with Crippen molar-refractivity contribution in [2.45, 2.75) is 0 Å². The van der Waals surface area contributed by atoms with E-state index in [1.54, 1.807) is 12.1 Å². The zero-order valence-electron chi connectivity index (χ0n) is 11.8. The normalized spacial score (nSPS) is 11.1. The van der Waals surface area contributed by atoms with Gasteiger partial charge in [0.15, 0.2) is 0 Å². The number of carboxylic acid groups (broad SMARTS) is 1. The van der Waals surface area contributed by atoms with Crippen LogP contribution in [0.15, 0.2) is 64.8 Å². The third-order valence-corrected chi connectivity index (χ3v) is 3.36. The van der Waals surface area contributed by atoms with E-state index in [9.17, 15) is 15.0 Å². The van der Waals surface area contributed by atoms with Gasteiger partial charge in [-0.05, 0) is 29.7 Å². The highest BCUT2D eigenvalue weighted by Crippen LogP contribution is 2.37. The molecule has 0 saturated heterocycles. The zero-order chi connectivity index (χ0) is 16.4. The summed E-state index contributed by atoms with van der Waals surface area (Å²) in [6.07, 6.45) is 0. The lowest BCUT2D eigenvalue weighted by Gasteiger charge is -2.04. The Labute approximate surface area is 131 Å². The van der Waals surface area contributed by atoms with E-state index >= 15 is 0 Å². The van der Waals surface area contributed by atoms with Crippen LogP contribution in [0.25, 0.3) is 10.8 Å². The minimum absolute atomic E-state index is 0.0332. The molecular formula is C17H12N2O4. The number of nitrogens with zero attached hydrogens (tertiary/aromatic N) is 2. The lowest BCUT2D eigenvalue weighted by Crippen LogP contribution is -1.94. The molecule has 0 aromatic heterocycles. The van der Waals surface area contributed by atoms with Crippen LogP contribution in [0.2, 0.25) is 0 Å². The molecule has 114 valence electrons. The molecule has 0 bridgehead atoms. The molecule has 0 radical (unpaired) electrons. The smallest absolute Gasteiger partial charge is 0.335 e.